The van der Waals surface area contributed by atoms with Crippen molar-refractivity contribution in [2.45, 2.75) is 25.1 Å². The van der Waals surface area contributed by atoms with Crippen LogP contribution in [0.2, 0.25) is 0 Å². The Morgan fingerprint density at radius 1 is 1.38 bits per heavy atom. The Hall–Kier alpha value is -2.12. The van der Waals surface area contributed by atoms with Crippen LogP contribution in [0.1, 0.15) is 12.0 Å². The number of carbonyl (C=O) groups is 2. The number of benzene rings is 1. The van der Waals surface area contributed by atoms with Gasteiger partial charge in [0.25, 0.3) is 0 Å². The predicted octanol–water partition coefficient (Wildman–Crippen LogP) is 0.458. The quantitative estimate of drug-likeness (QED) is 0.646. The number of urea groups is 1. The molecule has 0 saturated carbocycles. The van der Waals surface area contributed by atoms with Crippen LogP contribution < -0.4 is 10.6 Å². The van der Waals surface area contributed by atoms with Crippen LogP contribution in [0.3, 0.4) is 0 Å². The van der Waals surface area contributed by atoms with Crippen LogP contribution in [0, 0.1) is 0 Å². The highest BCUT2D eigenvalue weighted by Crippen LogP contribution is 2.21. The van der Waals surface area contributed by atoms with Crippen LogP contribution in [0.4, 0.5) is 10.5 Å². The van der Waals surface area contributed by atoms with Crippen molar-refractivity contribution in [3.63, 3.8) is 0 Å². The number of nitrogens with one attached hydrogen (secondary N) is 2. The van der Waals surface area contributed by atoms with E-state index in [2.05, 4.69) is 10.6 Å². The molecule has 0 unspecified atom stereocenters. The number of rotatable bonds is 4. The molecule has 1 aliphatic rings. The molecule has 0 aromatic heterocycles. The van der Waals surface area contributed by atoms with Crippen molar-refractivity contribution in [2.75, 3.05) is 18.9 Å². The molecule has 1 heterocycles. The van der Waals surface area contributed by atoms with Gasteiger partial charge in [-0.2, -0.15) is 0 Å². The molecule has 2 amide bonds. The SMILES string of the molecule is CNCc1ccccc1NC(=O)N1C[C@@H](O)C[C@H]1C(=O)O. The molecule has 2 rings (SSSR count). The number of carbonyl (C=O) groups excluding carboxylic acids is 1. The largest absolute Gasteiger partial charge is 0.480 e. The number of anilines is 1. The molecule has 0 radical (unpaired) electrons. The lowest BCUT2D eigenvalue weighted by Crippen LogP contribution is -2.43. The molecule has 1 aromatic carbocycles. The molecule has 0 bridgehead atoms. The van der Waals surface area contributed by atoms with Crippen LogP contribution in [0.25, 0.3) is 0 Å². The van der Waals surface area contributed by atoms with Crippen LogP contribution in [-0.4, -0.2) is 52.9 Å². The molecular weight excluding hydrogens is 274 g/mol. The number of hydrogen-bond donors (Lipinski definition) is 4. The summed E-state index contributed by atoms with van der Waals surface area (Å²) in [6.45, 7) is 0.610. The minimum absolute atomic E-state index is 0.0248. The molecule has 7 nitrogen and oxygen atoms in total. The predicted molar refractivity (Wildman–Crippen MR) is 77.0 cm³/mol. The fourth-order valence-electron chi connectivity index (χ4n) is 2.45. The van der Waals surface area contributed by atoms with E-state index in [4.69, 9.17) is 5.11 Å². The fraction of sp³-hybridized carbons (Fsp3) is 0.429. The Kier molecular flexibility index (Phi) is 4.77. The minimum atomic E-state index is -1.11. The molecule has 0 aliphatic carbocycles. The molecule has 21 heavy (non-hydrogen) atoms. The van der Waals surface area contributed by atoms with Gasteiger partial charge in [0.2, 0.25) is 0 Å². The zero-order valence-corrected chi connectivity index (χ0v) is 11.7. The number of aliphatic carboxylic acids is 1. The van der Waals surface area contributed by atoms with Gasteiger partial charge in [0.05, 0.1) is 6.10 Å². The molecule has 0 spiro atoms. The second kappa shape index (κ2) is 6.55. The highest BCUT2D eigenvalue weighted by atomic mass is 16.4. The first kappa shape index (κ1) is 15.3. The summed E-state index contributed by atoms with van der Waals surface area (Å²) in [4.78, 5) is 24.5. The van der Waals surface area contributed by atoms with Gasteiger partial charge in [-0.3, -0.25) is 0 Å². The number of para-hydroxylation sites is 1. The molecule has 7 heteroatoms. The standard InChI is InChI=1S/C14H19N3O4/c1-15-7-9-4-2-3-5-11(9)16-14(21)17-8-10(18)6-12(17)13(19)20/h2-5,10,12,15,18H,6-8H2,1H3,(H,16,21)(H,19,20)/t10-,12-/m0/s1. The van der Waals surface area contributed by atoms with Gasteiger partial charge in [0, 0.05) is 25.2 Å². The van der Waals surface area contributed by atoms with Crippen LogP contribution >= 0.6 is 0 Å². The maximum Gasteiger partial charge on any atom is 0.326 e. The van der Waals surface area contributed by atoms with Gasteiger partial charge in [-0.1, -0.05) is 18.2 Å². The number of nitrogens with zero attached hydrogens (tertiary/aromatic N) is 1. The highest BCUT2D eigenvalue weighted by Gasteiger charge is 2.39. The first-order valence-electron chi connectivity index (χ1n) is 6.74. The maximum atomic E-state index is 12.3. The lowest BCUT2D eigenvalue weighted by molar-refractivity contribution is -0.141. The third kappa shape index (κ3) is 3.50. The Morgan fingerprint density at radius 3 is 2.76 bits per heavy atom. The van der Waals surface area contributed by atoms with E-state index in [9.17, 15) is 14.7 Å². The molecule has 1 saturated heterocycles. The van der Waals surface area contributed by atoms with Crippen molar-refractivity contribution < 1.29 is 19.8 Å². The van der Waals surface area contributed by atoms with E-state index >= 15 is 0 Å². The first-order valence-corrected chi connectivity index (χ1v) is 6.74. The number of hydrogen-bond acceptors (Lipinski definition) is 4. The number of amides is 2. The summed E-state index contributed by atoms with van der Waals surface area (Å²) in [7, 11) is 1.80. The summed E-state index contributed by atoms with van der Waals surface area (Å²) in [5.41, 5.74) is 1.53. The van der Waals surface area contributed by atoms with Crippen molar-refractivity contribution in [1.29, 1.82) is 0 Å². The fourth-order valence-corrected chi connectivity index (χ4v) is 2.45. The molecule has 1 fully saturated rings. The number of aliphatic hydroxyl groups is 1. The van der Waals surface area contributed by atoms with Crippen molar-refractivity contribution in [3.05, 3.63) is 29.8 Å². The smallest absolute Gasteiger partial charge is 0.326 e. The van der Waals surface area contributed by atoms with E-state index in [1.165, 1.54) is 0 Å². The Morgan fingerprint density at radius 2 is 2.10 bits per heavy atom. The van der Waals surface area contributed by atoms with E-state index in [1.54, 1.807) is 19.2 Å². The number of likely N-dealkylation sites (tertiary alicyclic amines) is 1. The lowest BCUT2D eigenvalue weighted by Gasteiger charge is -2.22. The Balaban J connectivity index is 2.12. The summed E-state index contributed by atoms with van der Waals surface area (Å²) in [6, 6.07) is 5.79. The monoisotopic (exact) mass is 293 g/mol. The zero-order chi connectivity index (χ0) is 15.4. The van der Waals surface area contributed by atoms with Gasteiger partial charge in [-0.25, -0.2) is 9.59 Å². The third-order valence-electron chi connectivity index (χ3n) is 3.45. The van der Waals surface area contributed by atoms with Gasteiger partial charge in [-0.05, 0) is 18.7 Å². The number of aliphatic hydroxyl groups excluding tert-OH is 1. The van der Waals surface area contributed by atoms with Gasteiger partial charge in [0.1, 0.15) is 6.04 Å². The summed E-state index contributed by atoms with van der Waals surface area (Å²) >= 11 is 0. The maximum absolute atomic E-state index is 12.3. The van der Waals surface area contributed by atoms with Gasteiger partial charge in [0.15, 0.2) is 0 Å². The van der Waals surface area contributed by atoms with E-state index in [0.29, 0.717) is 12.2 Å². The molecule has 4 N–H and O–H groups in total. The van der Waals surface area contributed by atoms with E-state index < -0.39 is 24.1 Å². The average molecular weight is 293 g/mol. The molecule has 1 aliphatic heterocycles. The lowest BCUT2D eigenvalue weighted by atomic mass is 10.2. The summed E-state index contributed by atoms with van der Waals surface area (Å²) in [5.74, 6) is -1.11. The van der Waals surface area contributed by atoms with E-state index in [1.807, 2.05) is 12.1 Å². The molecule has 114 valence electrons. The highest BCUT2D eigenvalue weighted by molar-refractivity contribution is 5.93. The number of carboxylic acids is 1. The number of carboxylic acid groups (broad SMARTS) is 1. The van der Waals surface area contributed by atoms with Gasteiger partial charge >= 0.3 is 12.0 Å². The molecule has 2 atom stereocenters. The van der Waals surface area contributed by atoms with Crippen molar-refractivity contribution in [1.82, 2.24) is 10.2 Å². The summed E-state index contributed by atoms with van der Waals surface area (Å²) < 4.78 is 0. The normalized spacial score (nSPS) is 21.3. The minimum Gasteiger partial charge on any atom is -0.480 e. The number of β-amino-alcohol motifs (C(OH)–C–C–N with tert-alkyl or cyclic N) is 1. The van der Waals surface area contributed by atoms with Crippen molar-refractivity contribution in [2.24, 2.45) is 0 Å². The van der Waals surface area contributed by atoms with Crippen molar-refractivity contribution in [3.8, 4) is 0 Å². The van der Waals surface area contributed by atoms with Crippen LogP contribution in [0.5, 0.6) is 0 Å². The van der Waals surface area contributed by atoms with Gasteiger partial charge in [-0.15, -0.1) is 0 Å². The second-order valence-corrected chi connectivity index (χ2v) is 5.01. The Labute approximate surface area is 122 Å². The van der Waals surface area contributed by atoms with Crippen molar-refractivity contribution >= 4 is 17.7 Å². The van der Waals surface area contributed by atoms with E-state index in [-0.39, 0.29) is 13.0 Å². The first-order chi connectivity index (χ1) is 10.0. The zero-order valence-electron chi connectivity index (χ0n) is 11.7. The summed E-state index contributed by atoms with van der Waals surface area (Å²) in [5, 5.41) is 24.4. The van der Waals surface area contributed by atoms with E-state index in [0.717, 1.165) is 10.5 Å². The Bertz CT molecular complexity index is 535. The summed E-state index contributed by atoms with van der Waals surface area (Å²) in [6.07, 6.45) is -0.745. The molecular formula is C14H19N3O4. The third-order valence-corrected chi connectivity index (χ3v) is 3.45. The topological polar surface area (TPSA) is 102 Å². The average Bonchev–Trinajstić information content (AvgIpc) is 2.84. The van der Waals surface area contributed by atoms with Crippen LogP contribution in [-0.2, 0) is 11.3 Å². The van der Waals surface area contributed by atoms with Gasteiger partial charge < -0.3 is 25.7 Å². The van der Waals surface area contributed by atoms with Crippen LogP contribution in [0.15, 0.2) is 24.3 Å². The molecule has 1 aromatic rings. The second-order valence-electron chi connectivity index (χ2n) is 5.01.